The quantitative estimate of drug-likeness (QED) is 0.181. The van der Waals surface area contributed by atoms with Crippen molar-refractivity contribution in [3.8, 4) is 11.1 Å². The van der Waals surface area contributed by atoms with E-state index in [1.807, 2.05) is 6.08 Å². The number of hydrogen-bond donors (Lipinski definition) is 1. The van der Waals surface area contributed by atoms with E-state index >= 15 is 0 Å². The Morgan fingerprint density at radius 1 is 0.820 bits per heavy atom. The molecule has 1 aliphatic carbocycles. The minimum atomic E-state index is -0.532. The largest absolute Gasteiger partial charge is 0.492 e. The van der Waals surface area contributed by atoms with Crippen LogP contribution in [0.1, 0.15) is 119 Å². The van der Waals surface area contributed by atoms with Gasteiger partial charge in [0.1, 0.15) is 11.6 Å². The predicted molar refractivity (Wildman–Crippen MR) is 210 cm³/mol. The van der Waals surface area contributed by atoms with Gasteiger partial charge in [-0.1, -0.05) is 114 Å². The van der Waals surface area contributed by atoms with E-state index in [9.17, 15) is 5.11 Å². The molecule has 4 aromatic carbocycles. The van der Waals surface area contributed by atoms with Crippen LogP contribution in [0.5, 0.6) is 0 Å². The molecule has 0 amide bonds. The van der Waals surface area contributed by atoms with Crippen molar-refractivity contribution in [2.45, 2.75) is 111 Å². The summed E-state index contributed by atoms with van der Waals surface area (Å²) in [6.07, 6.45) is 5.27. The Hall–Kier alpha value is -4.08. The van der Waals surface area contributed by atoms with E-state index in [0.29, 0.717) is 11.8 Å². The number of aliphatic hydroxyl groups excluding tert-OH is 1. The van der Waals surface area contributed by atoms with Crippen LogP contribution in [0, 0.1) is 25.7 Å². The third kappa shape index (κ3) is 5.53. The molecule has 0 saturated carbocycles. The number of anilines is 1. The van der Waals surface area contributed by atoms with Crippen molar-refractivity contribution in [2.24, 2.45) is 11.8 Å². The van der Waals surface area contributed by atoms with Crippen LogP contribution < -0.4 is 4.90 Å². The molecule has 7 rings (SSSR count). The third-order valence-corrected chi connectivity index (χ3v) is 11.6. The summed E-state index contributed by atoms with van der Waals surface area (Å²) in [5.74, 6) is 1.69. The first kappa shape index (κ1) is 34.4. The van der Waals surface area contributed by atoms with E-state index in [-0.39, 0.29) is 17.6 Å². The zero-order valence-electron chi connectivity index (χ0n) is 31.8. The second-order valence-electron chi connectivity index (χ2n) is 16.7. The van der Waals surface area contributed by atoms with Crippen molar-refractivity contribution in [3.63, 3.8) is 0 Å². The smallest absolute Gasteiger partial charge is 0.122 e. The number of benzene rings is 4. The van der Waals surface area contributed by atoms with Gasteiger partial charge in [0, 0.05) is 23.1 Å². The SMILES string of the molecule is Cc1cc(C)c2c(c1)C1C=C(c3ccccc3)c3cc4c(cc3N1C2(C)[C@H](C)O/C(=C\C(O)CC(C)C)CC(C)C)C(C)(C)c1ccccc1-4. The van der Waals surface area contributed by atoms with Gasteiger partial charge in [-0.3, -0.25) is 0 Å². The van der Waals surface area contributed by atoms with Gasteiger partial charge in [0.2, 0.25) is 0 Å². The molecule has 1 N–H and O–H groups in total. The van der Waals surface area contributed by atoms with Gasteiger partial charge < -0.3 is 14.7 Å². The monoisotopic (exact) mass is 665 g/mol. The summed E-state index contributed by atoms with van der Waals surface area (Å²) in [7, 11) is 0. The zero-order valence-corrected chi connectivity index (χ0v) is 31.8. The Kier molecular flexibility index (Phi) is 8.66. The maximum atomic E-state index is 11.1. The lowest BCUT2D eigenvalue weighted by atomic mass is 9.79. The molecule has 4 atom stereocenters. The summed E-state index contributed by atoms with van der Waals surface area (Å²) >= 11 is 0. The summed E-state index contributed by atoms with van der Waals surface area (Å²) in [6, 6.07) is 29.7. The van der Waals surface area contributed by atoms with Gasteiger partial charge in [0.05, 0.1) is 17.9 Å². The van der Waals surface area contributed by atoms with Crippen molar-refractivity contribution in [3.05, 3.63) is 141 Å². The van der Waals surface area contributed by atoms with Crippen molar-refractivity contribution in [1.82, 2.24) is 0 Å². The van der Waals surface area contributed by atoms with Crippen molar-refractivity contribution < 1.29 is 9.84 Å². The molecule has 0 saturated heterocycles. The second kappa shape index (κ2) is 12.6. The number of aryl methyl sites for hydroxylation is 2. The molecule has 4 aromatic rings. The maximum absolute atomic E-state index is 11.1. The number of hydrogen-bond acceptors (Lipinski definition) is 3. The van der Waals surface area contributed by atoms with Crippen LogP contribution in [0.15, 0.2) is 96.8 Å². The Balaban J connectivity index is 1.46. The van der Waals surface area contributed by atoms with Crippen LogP contribution in [0.3, 0.4) is 0 Å². The van der Waals surface area contributed by atoms with E-state index < -0.39 is 11.6 Å². The first-order valence-electron chi connectivity index (χ1n) is 18.7. The first-order chi connectivity index (χ1) is 23.7. The fourth-order valence-corrected chi connectivity index (χ4v) is 9.37. The van der Waals surface area contributed by atoms with Crippen LogP contribution in [0.25, 0.3) is 16.7 Å². The van der Waals surface area contributed by atoms with E-state index in [1.54, 1.807) is 0 Å². The molecule has 0 aromatic heterocycles. The molecule has 3 heteroatoms. The van der Waals surface area contributed by atoms with Crippen molar-refractivity contribution in [2.75, 3.05) is 4.90 Å². The third-order valence-electron chi connectivity index (χ3n) is 11.6. The molecule has 2 aliphatic heterocycles. The number of fused-ring (bicyclic) bond motifs is 8. The highest BCUT2D eigenvalue weighted by Gasteiger charge is 2.54. The molecular formula is C47H55NO2. The van der Waals surface area contributed by atoms with Gasteiger partial charge in [-0.15, -0.1) is 0 Å². The van der Waals surface area contributed by atoms with Crippen molar-refractivity contribution >= 4 is 11.3 Å². The van der Waals surface area contributed by atoms with Gasteiger partial charge in [-0.05, 0) is 120 Å². The predicted octanol–water partition coefficient (Wildman–Crippen LogP) is 11.6. The molecule has 0 spiro atoms. The first-order valence-corrected chi connectivity index (χ1v) is 18.7. The molecule has 3 nitrogen and oxygen atoms in total. The second-order valence-corrected chi connectivity index (χ2v) is 16.7. The number of ether oxygens (including phenoxy) is 1. The lowest BCUT2D eigenvalue weighted by Crippen LogP contribution is -2.50. The highest BCUT2D eigenvalue weighted by molar-refractivity contribution is 5.96. The van der Waals surface area contributed by atoms with Crippen LogP contribution in [0.2, 0.25) is 0 Å². The molecule has 3 unspecified atom stereocenters. The van der Waals surface area contributed by atoms with E-state index in [2.05, 4.69) is 159 Å². The van der Waals surface area contributed by atoms with Crippen LogP contribution in [-0.2, 0) is 15.7 Å². The summed E-state index contributed by atoms with van der Waals surface area (Å²) in [5, 5.41) is 11.1. The fourth-order valence-electron chi connectivity index (χ4n) is 9.37. The van der Waals surface area contributed by atoms with Gasteiger partial charge in [-0.2, -0.15) is 0 Å². The van der Waals surface area contributed by atoms with Crippen LogP contribution in [0.4, 0.5) is 5.69 Å². The van der Waals surface area contributed by atoms with Crippen molar-refractivity contribution in [1.29, 1.82) is 0 Å². The number of allylic oxidation sites excluding steroid dienone is 1. The number of nitrogens with zero attached hydrogens (tertiary/aromatic N) is 1. The number of aliphatic hydroxyl groups is 1. The minimum absolute atomic E-state index is 0.0383. The Labute approximate surface area is 300 Å². The van der Waals surface area contributed by atoms with Gasteiger partial charge in [0.15, 0.2) is 0 Å². The summed E-state index contributed by atoms with van der Waals surface area (Å²) in [4.78, 5) is 2.69. The minimum Gasteiger partial charge on any atom is -0.492 e. The Morgan fingerprint density at radius 2 is 1.52 bits per heavy atom. The van der Waals surface area contributed by atoms with Gasteiger partial charge in [-0.25, -0.2) is 0 Å². The maximum Gasteiger partial charge on any atom is 0.122 e. The molecule has 3 aliphatic rings. The highest BCUT2D eigenvalue weighted by atomic mass is 16.5. The Bertz CT molecular complexity index is 2000. The molecule has 0 bridgehead atoms. The highest BCUT2D eigenvalue weighted by Crippen LogP contribution is 2.60. The van der Waals surface area contributed by atoms with E-state index in [4.69, 9.17) is 4.74 Å². The molecule has 0 radical (unpaired) electrons. The number of rotatable bonds is 9. The molecule has 50 heavy (non-hydrogen) atoms. The summed E-state index contributed by atoms with van der Waals surface area (Å²) < 4.78 is 7.14. The van der Waals surface area contributed by atoms with Gasteiger partial charge >= 0.3 is 0 Å². The lowest BCUT2D eigenvalue weighted by Gasteiger charge is -2.47. The molecular weight excluding hydrogens is 611 g/mol. The standard InChI is InChI=1S/C47H55NO2/c1-28(2)20-34(49)24-35(21-29(3)4)50-32(7)47(10)45-31(6)22-30(5)23-40(45)43-26-37(33-16-12-11-13-17-33)39-25-38-36-18-14-15-19-41(36)46(8,9)42(38)27-44(39)48(43)47/h11-19,22-29,32,34,43,49H,20-21H2,1-10H3/b35-24-/t32-,34?,43?,47?/m0/s1. The fraction of sp³-hybridized carbons (Fsp3) is 0.404. The van der Waals surface area contributed by atoms with Gasteiger partial charge in [0.25, 0.3) is 0 Å². The average molecular weight is 666 g/mol. The van der Waals surface area contributed by atoms with E-state index in [1.165, 1.54) is 66.9 Å². The topological polar surface area (TPSA) is 32.7 Å². The normalized spacial score (nSPS) is 21.3. The summed E-state index contributed by atoms with van der Waals surface area (Å²) in [6.45, 7) is 22.7. The average Bonchev–Trinajstić information content (AvgIpc) is 3.44. The molecule has 2 heterocycles. The van der Waals surface area contributed by atoms with Crippen LogP contribution in [-0.4, -0.2) is 17.3 Å². The zero-order chi connectivity index (χ0) is 35.7. The molecule has 260 valence electrons. The van der Waals surface area contributed by atoms with Crippen LogP contribution >= 0.6 is 0 Å². The molecule has 0 fully saturated rings. The van der Waals surface area contributed by atoms with E-state index in [0.717, 1.165) is 18.6 Å². The summed E-state index contributed by atoms with van der Waals surface area (Å²) in [5.41, 5.74) is 15.2. The lowest BCUT2D eigenvalue weighted by molar-refractivity contribution is 0.0525. The Morgan fingerprint density at radius 3 is 2.22 bits per heavy atom.